The van der Waals surface area contributed by atoms with Gasteiger partial charge in [-0.2, -0.15) is 0 Å². The summed E-state index contributed by atoms with van der Waals surface area (Å²) in [7, 11) is 1.43. The fourth-order valence-corrected chi connectivity index (χ4v) is 3.27. The minimum absolute atomic E-state index is 0.221. The highest BCUT2D eigenvalue weighted by Crippen LogP contribution is 2.24. The molecule has 0 aliphatic carbocycles. The fourth-order valence-electron chi connectivity index (χ4n) is 2.30. The quantitative estimate of drug-likeness (QED) is 0.650. The summed E-state index contributed by atoms with van der Waals surface area (Å²) in [5, 5.41) is 2.81. The molecule has 27 heavy (non-hydrogen) atoms. The van der Waals surface area contributed by atoms with Crippen LogP contribution in [0.5, 0.6) is 5.75 Å². The maximum absolute atomic E-state index is 12.3. The van der Waals surface area contributed by atoms with E-state index in [1.165, 1.54) is 30.6 Å². The zero-order valence-corrected chi connectivity index (χ0v) is 16.1. The Kier molecular flexibility index (Phi) is 5.73. The molecule has 6 nitrogen and oxygen atoms in total. The van der Waals surface area contributed by atoms with Crippen LogP contribution >= 0.6 is 22.9 Å². The van der Waals surface area contributed by atoms with Gasteiger partial charge in [0.1, 0.15) is 16.5 Å². The summed E-state index contributed by atoms with van der Waals surface area (Å²) in [6.07, 6.45) is 0. The summed E-state index contributed by atoms with van der Waals surface area (Å²) >= 11 is 7.24. The molecule has 1 aromatic heterocycles. The third-order valence-electron chi connectivity index (χ3n) is 3.73. The number of ether oxygens (including phenoxy) is 1. The highest BCUT2D eigenvalue weighted by molar-refractivity contribution is 7.13. The van der Waals surface area contributed by atoms with Crippen LogP contribution in [0.2, 0.25) is 5.02 Å². The summed E-state index contributed by atoms with van der Waals surface area (Å²) in [6.45, 7) is 2.00. The molecule has 0 fully saturated rings. The average molecular weight is 402 g/mol. The van der Waals surface area contributed by atoms with E-state index >= 15 is 0 Å². The first-order chi connectivity index (χ1) is 13.0. The van der Waals surface area contributed by atoms with Gasteiger partial charge >= 0.3 is 0 Å². The lowest BCUT2D eigenvalue weighted by molar-refractivity contribution is 0.0842. The molecule has 0 aliphatic rings. The van der Waals surface area contributed by atoms with Crippen molar-refractivity contribution in [2.75, 3.05) is 7.11 Å². The van der Waals surface area contributed by atoms with Crippen LogP contribution in [0.4, 0.5) is 0 Å². The number of methoxy groups -OCH3 is 1. The second kappa shape index (κ2) is 8.20. The largest absolute Gasteiger partial charge is 0.496 e. The third kappa shape index (κ3) is 4.45. The zero-order chi connectivity index (χ0) is 19.4. The summed E-state index contributed by atoms with van der Waals surface area (Å²) < 4.78 is 5.13. The van der Waals surface area contributed by atoms with Gasteiger partial charge in [0.05, 0.1) is 12.7 Å². The smallest absolute Gasteiger partial charge is 0.289 e. The Morgan fingerprint density at radius 1 is 1.07 bits per heavy atom. The lowest BCUT2D eigenvalue weighted by atomic mass is 10.2. The molecule has 0 saturated heterocycles. The van der Waals surface area contributed by atoms with E-state index in [2.05, 4.69) is 15.8 Å². The number of rotatable bonds is 4. The van der Waals surface area contributed by atoms with Crippen LogP contribution in [-0.2, 0) is 0 Å². The molecule has 0 atom stereocenters. The molecule has 1 heterocycles. The van der Waals surface area contributed by atoms with E-state index in [1.807, 2.05) is 31.2 Å². The minimum atomic E-state index is -0.522. The van der Waals surface area contributed by atoms with Gasteiger partial charge in [-0.3, -0.25) is 20.4 Å². The summed E-state index contributed by atoms with van der Waals surface area (Å²) in [5.41, 5.74) is 7.25. The van der Waals surface area contributed by atoms with Gasteiger partial charge in [-0.05, 0) is 25.1 Å². The van der Waals surface area contributed by atoms with Crippen molar-refractivity contribution in [2.24, 2.45) is 0 Å². The van der Waals surface area contributed by atoms with Gasteiger partial charge in [0.15, 0.2) is 0 Å². The molecule has 2 aromatic carbocycles. The van der Waals surface area contributed by atoms with Crippen molar-refractivity contribution in [3.05, 3.63) is 69.7 Å². The van der Waals surface area contributed by atoms with Gasteiger partial charge in [-0.15, -0.1) is 11.3 Å². The van der Waals surface area contributed by atoms with Gasteiger partial charge < -0.3 is 4.74 Å². The Hall–Kier alpha value is -2.90. The molecule has 2 N–H and O–H groups in total. The molecule has 3 rings (SSSR count). The fraction of sp³-hybridized carbons (Fsp3) is 0.105. The number of carbonyl (C=O) groups excluding carboxylic acids is 2. The second-order valence-electron chi connectivity index (χ2n) is 5.66. The molecule has 0 aliphatic heterocycles. The monoisotopic (exact) mass is 401 g/mol. The van der Waals surface area contributed by atoms with Crippen molar-refractivity contribution in [3.63, 3.8) is 0 Å². The number of hydrogen-bond acceptors (Lipinski definition) is 5. The topological polar surface area (TPSA) is 80.3 Å². The third-order valence-corrected chi connectivity index (χ3v) is 4.86. The first kappa shape index (κ1) is 18.9. The van der Waals surface area contributed by atoms with Crippen LogP contribution in [0.1, 0.15) is 26.4 Å². The SMILES string of the molecule is COc1cc(Cl)ccc1C(=O)NNC(=O)c1csc(-c2ccc(C)cc2)n1. The van der Waals surface area contributed by atoms with Gasteiger partial charge in [0.2, 0.25) is 0 Å². The first-order valence-corrected chi connectivity index (χ1v) is 9.20. The molecule has 0 saturated carbocycles. The summed E-state index contributed by atoms with van der Waals surface area (Å²) in [5.74, 6) is -0.721. The Morgan fingerprint density at radius 3 is 2.48 bits per heavy atom. The number of nitrogens with one attached hydrogen (secondary N) is 2. The minimum Gasteiger partial charge on any atom is -0.496 e. The van der Waals surface area contributed by atoms with Crippen molar-refractivity contribution in [2.45, 2.75) is 6.92 Å². The Labute approximate surface area is 165 Å². The van der Waals surface area contributed by atoms with Crippen LogP contribution in [-0.4, -0.2) is 23.9 Å². The number of aryl methyl sites for hydroxylation is 1. The Bertz CT molecular complexity index is 986. The number of amides is 2. The number of carbonyl (C=O) groups is 2. The van der Waals surface area contributed by atoms with Crippen LogP contribution in [0.25, 0.3) is 10.6 Å². The molecule has 0 radical (unpaired) electrons. The van der Waals surface area contributed by atoms with Crippen molar-refractivity contribution >= 4 is 34.8 Å². The number of halogens is 1. The normalized spacial score (nSPS) is 10.3. The summed E-state index contributed by atoms with van der Waals surface area (Å²) in [4.78, 5) is 28.8. The lowest BCUT2D eigenvalue weighted by Gasteiger charge is -2.10. The van der Waals surface area contributed by atoms with Crippen LogP contribution < -0.4 is 15.6 Å². The zero-order valence-electron chi connectivity index (χ0n) is 14.6. The molecule has 0 spiro atoms. The van der Waals surface area contributed by atoms with Crippen LogP contribution in [0.3, 0.4) is 0 Å². The predicted molar refractivity (Wildman–Crippen MR) is 105 cm³/mol. The molecular formula is C19H16ClN3O3S. The molecule has 138 valence electrons. The molecule has 8 heteroatoms. The van der Waals surface area contributed by atoms with Crippen molar-refractivity contribution in [1.29, 1.82) is 0 Å². The first-order valence-electron chi connectivity index (χ1n) is 7.94. The Morgan fingerprint density at radius 2 is 1.78 bits per heavy atom. The van der Waals surface area contributed by atoms with Gasteiger partial charge in [0, 0.05) is 16.0 Å². The van der Waals surface area contributed by atoms with Gasteiger partial charge in [-0.25, -0.2) is 4.98 Å². The molecule has 0 unspecified atom stereocenters. The maximum Gasteiger partial charge on any atom is 0.289 e. The number of hydrazine groups is 1. The van der Waals surface area contributed by atoms with Gasteiger partial charge in [-0.1, -0.05) is 41.4 Å². The van der Waals surface area contributed by atoms with Crippen molar-refractivity contribution in [3.8, 4) is 16.3 Å². The standard InChI is InChI=1S/C19H16ClN3O3S/c1-11-3-5-12(6-4-11)19-21-15(10-27-19)18(25)23-22-17(24)14-8-7-13(20)9-16(14)26-2/h3-10H,1-2H3,(H,22,24)(H,23,25). The maximum atomic E-state index is 12.3. The number of thiazole rings is 1. The second-order valence-corrected chi connectivity index (χ2v) is 6.95. The predicted octanol–water partition coefficient (Wildman–Crippen LogP) is 3.86. The van der Waals surface area contributed by atoms with E-state index in [0.29, 0.717) is 10.8 Å². The van der Waals surface area contributed by atoms with E-state index < -0.39 is 11.8 Å². The Balaban J connectivity index is 1.66. The number of nitrogens with zero attached hydrogens (tertiary/aromatic N) is 1. The number of hydrogen-bond donors (Lipinski definition) is 2. The van der Waals surface area contributed by atoms with E-state index in [1.54, 1.807) is 11.4 Å². The van der Waals surface area contributed by atoms with E-state index in [0.717, 1.165) is 16.1 Å². The van der Waals surface area contributed by atoms with E-state index in [4.69, 9.17) is 16.3 Å². The van der Waals surface area contributed by atoms with E-state index in [-0.39, 0.29) is 11.3 Å². The molecule has 0 bridgehead atoms. The van der Waals surface area contributed by atoms with Crippen LogP contribution in [0, 0.1) is 6.92 Å². The van der Waals surface area contributed by atoms with Crippen molar-refractivity contribution in [1.82, 2.24) is 15.8 Å². The van der Waals surface area contributed by atoms with E-state index in [9.17, 15) is 9.59 Å². The van der Waals surface area contributed by atoms with Crippen LogP contribution in [0.15, 0.2) is 47.8 Å². The van der Waals surface area contributed by atoms with Crippen molar-refractivity contribution < 1.29 is 14.3 Å². The summed E-state index contributed by atoms with van der Waals surface area (Å²) in [6, 6.07) is 12.5. The molecular weight excluding hydrogens is 386 g/mol. The number of benzene rings is 2. The average Bonchev–Trinajstić information content (AvgIpc) is 3.16. The molecule has 3 aromatic rings. The lowest BCUT2D eigenvalue weighted by Crippen LogP contribution is -2.41. The molecule has 2 amide bonds. The highest BCUT2D eigenvalue weighted by atomic mass is 35.5. The number of aromatic nitrogens is 1. The highest BCUT2D eigenvalue weighted by Gasteiger charge is 2.16. The van der Waals surface area contributed by atoms with Gasteiger partial charge in [0.25, 0.3) is 11.8 Å².